The summed E-state index contributed by atoms with van der Waals surface area (Å²) < 4.78 is 7.02. The second kappa shape index (κ2) is 8.52. The minimum absolute atomic E-state index is 0.262. The predicted octanol–water partition coefficient (Wildman–Crippen LogP) is 3.49. The van der Waals surface area contributed by atoms with E-state index in [9.17, 15) is 9.59 Å². The minimum atomic E-state index is -0.365. The van der Waals surface area contributed by atoms with Crippen LogP contribution in [0.4, 0.5) is 10.5 Å². The molecule has 0 radical (unpaired) electrons. The van der Waals surface area contributed by atoms with Gasteiger partial charge < -0.3 is 20.0 Å². The maximum Gasteiger partial charge on any atom is 0.330 e. The van der Waals surface area contributed by atoms with Crippen LogP contribution < -0.4 is 16.3 Å². The SMILES string of the molecule is Cc1c[nH]c(=O)n1-c1ccccc1NC(=O)NCCc1coc(-c2ccccc2)n1. The third-order valence-electron chi connectivity index (χ3n) is 4.59. The molecular formula is C22H21N5O3. The van der Waals surface area contributed by atoms with Crippen molar-refractivity contribution in [2.75, 3.05) is 11.9 Å². The van der Waals surface area contributed by atoms with Crippen LogP contribution in [0.3, 0.4) is 0 Å². The highest BCUT2D eigenvalue weighted by Crippen LogP contribution is 2.20. The number of H-pyrrole nitrogens is 1. The lowest BCUT2D eigenvalue weighted by atomic mass is 10.2. The number of anilines is 1. The van der Waals surface area contributed by atoms with Crippen LogP contribution in [0.1, 0.15) is 11.4 Å². The fourth-order valence-corrected chi connectivity index (χ4v) is 3.13. The van der Waals surface area contributed by atoms with Crippen molar-refractivity contribution >= 4 is 11.7 Å². The van der Waals surface area contributed by atoms with Crippen molar-refractivity contribution in [1.82, 2.24) is 19.9 Å². The van der Waals surface area contributed by atoms with Crippen molar-refractivity contribution in [1.29, 1.82) is 0 Å². The number of aromatic amines is 1. The van der Waals surface area contributed by atoms with Gasteiger partial charge in [0.2, 0.25) is 5.89 Å². The fraction of sp³-hybridized carbons (Fsp3) is 0.136. The molecule has 3 N–H and O–H groups in total. The number of oxazole rings is 1. The lowest BCUT2D eigenvalue weighted by Crippen LogP contribution is -2.31. The zero-order valence-electron chi connectivity index (χ0n) is 16.4. The number of urea groups is 1. The molecule has 30 heavy (non-hydrogen) atoms. The van der Waals surface area contributed by atoms with Gasteiger partial charge in [-0.3, -0.25) is 4.57 Å². The molecule has 0 aliphatic rings. The lowest BCUT2D eigenvalue weighted by molar-refractivity contribution is 0.252. The Labute approximate surface area is 172 Å². The van der Waals surface area contributed by atoms with Crippen molar-refractivity contribution in [2.24, 2.45) is 0 Å². The first-order valence-corrected chi connectivity index (χ1v) is 9.53. The number of para-hydroxylation sites is 2. The van der Waals surface area contributed by atoms with Gasteiger partial charge >= 0.3 is 11.7 Å². The van der Waals surface area contributed by atoms with Gasteiger partial charge in [-0.25, -0.2) is 14.6 Å². The largest absolute Gasteiger partial charge is 0.444 e. The Hall–Kier alpha value is -4.07. The number of nitrogens with zero attached hydrogens (tertiary/aromatic N) is 2. The Morgan fingerprint density at radius 3 is 2.67 bits per heavy atom. The number of benzene rings is 2. The molecule has 4 rings (SSSR count). The van der Waals surface area contributed by atoms with Crippen LogP contribution in [0.15, 0.2) is 76.3 Å². The van der Waals surface area contributed by atoms with Crippen molar-refractivity contribution in [3.05, 3.63) is 88.9 Å². The maximum absolute atomic E-state index is 12.4. The van der Waals surface area contributed by atoms with Gasteiger partial charge in [-0.1, -0.05) is 30.3 Å². The molecule has 0 aliphatic heterocycles. The van der Waals surface area contributed by atoms with Gasteiger partial charge in [0.25, 0.3) is 0 Å². The van der Waals surface area contributed by atoms with Crippen LogP contribution in [0.2, 0.25) is 0 Å². The number of rotatable bonds is 6. The summed E-state index contributed by atoms with van der Waals surface area (Å²) in [5.41, 5.74) is 3.27. The van der Waals surface area contributed by atoms with Crippen LogP contribution in [0.25, 0.3) is 17.1 Å². The fourth-order valence-electron chi connectivity index (χ4n) is 3.13. The van der Waals surface area contributed by atoms with E-state index in [0.717, 1.165) is 17.0 Å². The van der Waals surface area contributed by atoms with E-state index < -0.39 is 0 Å². The first-order chi connectivity index (χ1) is 14.6. The second-order valence-corrected chi connectivity index (χ2v) is 6.73. The molecule has 2 aromatic carbocycles. The maximum atomic E-state index is 12.4. The van der Waals surface area contributed by atoms with Crippen LogP contribution in [0.5, 0.6) is 0 Å². The molecule has 2 aromatic heterocycles. The first kappa shape index (κ1) is 19.3. The average Bonchev–Trinajstić information content (AvgIpc) is 3.36. The lowest BCUT2D eigenvalue weighted by Gasteiger charge is -2.13. The van der Waals surface area contributed by atoms with E-state index in [-0.39, 0.29) is 11.7 Å². The summed E-state index contributed by atoms with van der Waals surface area (Å²) in [5, 5.41) is 5.61. The topological polar surface area (TPSA) is 105 Å². The third-order valence-corrected chi connectivity index (χ3v) is 4.59. The van der Waals surface area contributed by atoms with Crippen molar-refractivity contribution in [3.8, 4) is 17.1 Å². The molecule has 8 heteroatoms. The summed E-state index contributed by atoms with van der Waals surface area (Å²) in [6.07, 6.45) is 3.75. The monoisotopic (exact) mass is 403 g/mol. The number of hydrogen-bond donors (Lipinski definition) is 3. The quantitative estimate of drug-likeness (QED) is 0.458. The molecule has 8 nitrogen and oxygen atoms in total. The zero-order valence-corrected chi connectivity index (χ0v) is 16.4. The summed E-state index contributed by atoms with van der Waals surface area (Å²) in [7, 11) is 0. The van der Waals surface area contributed by atoms with Gasteiger partial charge in [-0.05, 0) is 31.2 Å². The van der Waals surface area contributed by atoms with Crippen molar-refractivity contribution in [3.63, 3.8) is 0 Å². The van der Waals surface area contributed by atoms with Gasteiger partial charge in [0.15, 0.2) is 0 Å². The summed E-state index contributed by atoms with van der Waals surface area (Å²) in [5.74, 6) is 0.552. The Kier molecular flexibility index (Phi) is 5.47. The van der Waals surface area contributed by atoms with Gasteiger partial charge in [-0.2, -0.15) is 0 Å². The number of carbonyl (C=O) groups is 1. The molecule has 0 atom stereocenters. The van der Waals surface area contributed by atoms with E-state index in [1.807, 2.05) is 43.3 Å². The van der Waals surface area contributed by atoms with Crippen LogP contribution in [-0.2, 0) is 6.42 Å². The van der Waals surface area contributed by atoms with Gasteiger partial charge in [0.1, 0.15) is 6.26 Å². The number of carbonyl (C=O) groups excluding carboxylic acids is 1. The molecule has 0 unspecified atom stereocenters. The number of amides is 2. The molecule has 0 saturated carbocycles. The number of hydrogen-bond acceptors (Lipinski definition) is 4. The average molecular weight is 403 g/mol. The van der Waals surface area contributed by atoms with E-state index >= 15 is 0 Å². The predicted molar refractivity (Wildman–Crippen MR) is 114 cm³/mol. The molecule has 0 aliphatic carbocycles. The first-order valence-electron chi connectivity index (χ1n) is 9.53. The minimum Gasteiger partial charge on any atom is -0.444 e. The van der Waals surface area contributed by atoms with Gasteiger partial charge in [0, 0.05) is 30.4 Å². The van der Waals surface area contributed by atoms with Crippen LogP contribution in [0, 0.1) is 6.92 Å². The van der Waals surface area contributed by atoms with Crippen LogP contribution in [-0.4, -0.2) is 27.1 Å². The highest BCUT2D eigenvalue weighted by Gasteiger charge is 2.12. The summed E-state index contributed by atoms with van der Waals surface area (Å²) >= 11 is 0. The molecule has 4 aromatic rings. The highest BCUT2D eigenvalue weighted by molar-refractivity contribution is 5.91. The highest BCUT2D eigenvalue weighted by atomic mass is 16.3. The summed E-state index contributed by atoms with van der Waals surface area (Å²) in [6.45, 7) is 2.20. The summed E-state index contributed by atoms with van der Waals surface area (Å²) in [6, 6.07) is 16.4. The summed E-state index contributed by atoms with van der Waals surface area (Å²) in [4.78, 5) is 31.5. The number of aryl methyl sites for hydroxylation is 1. The van der Waals surface area contributed by atoms with E-state index in [1.54, 1.807) is 30.7 Å². The Balaban J connectivity index is 1.36. The third kappa shape index (κ3) is 4.17. The Morgan fingerprint density at radius 2 is 1.90 bits per heavy atom. The van der Waals surface area contributed by atoms with Crippen LogP contribution >= 0.6 is 0 Å². The van der Waals surface area contributed by atoms with Crippen molar-refractivity contribution in [2.45, 2.75) is 13.3 Å². The Bertz CT molecular complexity index is 1210. The molecule has 2 amide bonds. The van der Waals surface area contributed by atoms with Crippen molar-refractivity contribution < 1.29 is 9.21 Å². The molecule has 0 fully saturated rings. The number of nitrogens with one attached hydrogen (secondary N) is 3. The Morgan fingerprint density at radius 1 is 1.13 bits per heavy atom. The number of imidazole rings is 1. The van der Waals surface area contributed by atoms with E-state index in [4.69, 9.17) is 4.42 Å². The van der Waals surface area contributed by atoms with Gasteiger partial charge in [0.05, 0.1) is 17.1 Å². The molecule has 152 valence electrons. The van der Waals surface area contributed by atoms with E-state index in [2.05, 4.69) is 20.6 Å². The van der Waals surface area contributed by atoms with Gasteiger partial charge in [-0.15, -0.1) is 0 Å². The molecular weight excluding hydrogens is 382 g/mol. The van der Waals surface area contributed by atoms with E-state index in [0.29, 0.717) is 30.2 Å². The standard InChI is InChI=1S/C22H21N5O3/c1-15-13-24-22(29)27(15)19-10-6-5-9-18(19)26-21(28)23-12-11-17-14-30-20(25-17)16-7-3-2-4-8-16/h2-10,13-14H,11-12H2,1H3,(H,24,29)(H2,23,26,28). The molecule has 0 bridgehead atoms. The molecule has 0 spiro atoms. The number of aromatic nitrogens is 3. The normalized spacial score (nSPS) is 10.7. The molecule has 0 saturated heterocycles. The second-order valence-electron chi connectivity index (χ2n) is 6.73. The zero-order chi connectivity index (χ0) is 20.9. The molecule has 2 heterocycles. The smallest absolute Gasteiger partial charge is 0.330 e. The van der Waals surface area contributed by atoms with E-state index in [1.165, 1.54) is 4.57 Å².